The molecule has 0 bridgehead atoms. The average molecular weight is 290 g/mol. The van der Waals surface area contributed by atoms with Crippen LogP contribution >= 0.6 is 0 Å². The van der Waals surface area contributed by atoms with Crippen LogP contribution in [0.25, 0.3) is 0 Å². The molecule has 1 aromatic carbocycles. The van der Waals surface area contributed by atoms with Crippen molar-refractivity contribution in [3.8, 4) is 0 Å². The lowest BCUT2D eigenvalue weighted by Crippen LogP contribution is -2.43. The van der Waals surface area contributed by atoms with Gasteiger partial charge >= 0.3 is 5.97 Å². The quantitative estimate of drug-likeness (QED) is 0.738. The minimum absolute atomic E-state index is 0.150. The highest BCUT2D eigenvalue weighted by atomic mass is 16.5. The van der Waals surface area contributed by atoms with Crippen molar-refractivity contribution in [2.45, 2.75) is 19.0 Å². The Bertz CT molecular complexity index is 573. The van der Waals surface area contributed by atoms with Crippen molar-refractivity contribution in [1.82, 2.24) is 10.6 Å². The predicted molar refractivity (Wildman–Crippen MR) is 75.1 cm³/mol. The third kappa shape index (κ3) is 2.77. The standard InChI is InChI=1S/C15H18N2O4/c18-14(17-13-8-21-7-12(13)15(19)20)11-3-1-2-9-6-16-5-4-10(9)11/h1-3,12-13,16H,4-8H2,(H,17,18)(H,19,20). The average Bonchev–Trinajstić information content (AvgIpc) is 2.95. The van der Waals surface area contributed by atoms with E-state index in [9.17, 15) is 9.59 Å². The molecule has 112 valence electrons. The molecule has 21 heavy (non-hydrogen) atoms. The van der Waals surface area contributed by atoms with Gasteiger partial charge in [-0.25, -0.2) is 0 Å². The minimum atomic E-state index is -0.933. The molecular weight excluding hydrogens is 272 g/mol. The summed E-state index contributed by atoms with van der Waals surface area (Å²) in [7, 11) is 0. The van der Waals surface area contributed by atoms with E-state index >= 15 is 0 Å². The molecule has 6 nitrogen and oxygen atoms in total. The number of rotatable bonds is 3. The van der Waals surface area contributed by atoms with E-state index in [2.05, 4.69) is 10.6 Å². The number of hydrogen-bond donors (Lipinski definition) is 3. The summed E-state index contributed by atoms with van der Waals surface area (Å²) in [6, 6.07) is 5.20. The molecule has 0 aromatic heterocycles. The molecule has 1 fully saturated rings. The summed E-state index contributed by atoms with van der Waals surface area (Å²) in [5, 5.41) is 15.2. The fourth-order valence-corrected chi connectivity index (χ4v) is 2.93. The van der Waals surface area contributed by atoms with Gasteiger partial charge in [0.05, 0.1) is 19.3 Å². The highest BCUT2D eigenvalue weighted by Gasteiger charge is 2.35. The van der Waals surface area contributed by atoms with Crippen molar-refractivity contribution in [2.24, 2.45) is 5.92 Å². The highest BCUT2D eigenvalue weighted by molar-refractivity contribution is 5.96. The minimum Gasteiger partial charge on any atom is -0.481 e. The summed E-state index contributed by atoms with van der Waals surface area (Å²) in [6.45, 7) is 2.01. The number of carboxylic acid groups (broad SMARTS) is 1. The van der Waals surface area contributed by atoms with Crippen molar-refractivity contribution >= 4 is 11.9 Å². The van der Waals surface area contributed by atoms with Crippen LogP contribution in [-0.2, 0) is 22.5 Å². The van der Waals surface area contributed by atoms with Gasteiger partial charge in [0.25, 0.3) is 5.91 Å². The van der Waals surface area contributed by atoms with Gasteiger partial charge in [-0.15, -0.1) is 0 Å². The van der Waals surface area contributed by atoms with Gasteiger partial charge in [-0.1, -0.05) is 12.1 Å². The van der Waals surface area contributed by atoms with Gasteiger partial charge < -0.3 is 20.5 Å². The van der Waals surface area contributed by atoms with Crippen LogP contribution in [0.5, 0.6) is 0 Å². The molecule has 2 heterocycles. The first-order chi connectivity index (χ1) is 10.2. The van der Waals surface area contributed by atoms with Gasteiger partial charge in [-0.3, -0.25) is 9.59 Å². The lowest BCUT2D eigenvalue weighted by molar-refractivity contribution is -0.142. The fourth-order valence-electron chi connectivity index (χ4n) is 2.93. The molecule has 0 aliphatic carbocycles. The summed E-state index contributed by atoms with van der Waals surface area (Å²) >= 11 is 0. The Hall–Kier alpha value is -1.92. The van der Waals surface area contributed by atoms with Crippen molar-refractivity contribution in [3.63, 3.8) is 0 Å². The Morgan fingerprint density at radius 1 is 1.33 bits per heavy atom. The van der Waals surface area contributed by atoms with Crippen LogP contribution in [0.3, 0.4) is 0 Å². The summed E-state index contributed by atoms with van der Waals surface area (Å²) < 4.78 is 5.17. The zero-order chi connectivity index (χ0) is 14.8. The normalized spacial score (nSPS) is 24.4. The largest absolute Gasteiger partial charge is 0.481 e. The lowest BCUT2D eigenvalue weighted by atomic mass is 9.94. The van der Waals surface area contributed by atoms with E-state index < -0.39 is 17.9 Å². The van der Waals surface area contributed by atoms with Crippen molar-refractivity contribution in [1.29, 1.82) is 0 Å². The maximum absolute atomic E-state index is 12.5. The van der Waals surface area contributed by atoms with Gasteiger partial charge in [-0.05, 0) is 30.2 Å². The number of hydrogen-bond acceptors (Lipinski definition) is 4. The summed E-state index contributed by atoms with van der Waals surface area (Å²) in [5.41, 5.74) is 2.83. The van der Waals surface area contributed by atoms with Gasteiger partial charge in [0.2, 0.25) is 0 Å². The number of amides is 1. The zero-order valence-corrected chi connectivity index (χ0v) is 11.6. The molecule has 1 aromatic rings. The molecule has 0 radical (unpaired) electrons. The van der Waals surface area contributed by atoms with Gasteiger partial charge in [-0.2, -0.15) is 0 Å². The van der Waals surface area contributed by atoms with E-state index in [1.54, 1.807) is 6.07 Å². The molecule has 0 spiro atoms. The maximum Gasteiger partial charge on any atom is 0.311 e. The molecule has 1 amide bonds. The predicted octanol–water partition coefficient (Wildman–Crippen LogP) is 0.162. The van der Waals surface area contributed by atoms with Gasteiger partial charge in [0.15, 0.2) is 0 Å². The number of benzene rings is 1. The molecule has 2 aliphatic rings. The molecule has 1 saturated heterocycles. The molecule has 6 heteroatoms. The van der Waals surface area contributed by atoms with Crippen LogP contribution in [0.2, 0.25) is 0 Å². The van der Waals surface area contributed by atoms with Crippen molar-refractivity contribution < 1.29 is 19.4 Å². The van der Waals surface area contributed by atoms with Crippen LogP contribution in [0, 0.1) is 5.92 Å². The first-order valence-corrected chi connectivity index (χ1v) is 7.09. The summed E-state index contributed by atoms with van der Waals surface area (Å²) in [6.07, 6.45) is 0.808. The Labute approximate surface area is 122 Å². The molecule has 3 N–H and O–H groups in total. The first kappa shape index (κ1) is 14.0. The highest BCUT2D eigenvalue weighted by Crippen LogP contribution is 2.20. The van der Waals surface area contributed by atoms with Crippen LogP contribution in [0.15, 0.2) is 18.2 Å². The Kier molecular flexibility index (Phi) is 3.90. The van der Waals surface area contributed by atoms with Crippen molar-refractivity contribution in [2.75, 3.05) is 19.8 Å². The first-order valence-electron chi connectivity index (χ1n) is 7.09. The molecule has 3 rings (SSSR count). The van der Waals surface area contributed by atoms with Crippen molar-refractivity contribution in [3.05, 3.63) is 34.9 Å². The molecule has 2 unspecified atom stereocenters. The van der Waals surface area contributed by atoms with Crippen LogP contribution in [0.1, 0.15) is 21.5 Å². The number of carboxylic acids is 1. The number of fused-ring (bicyclic) bond motifs is 1. The van der Waals surface area contributed by atoms with Crippen LogP contribution in [-0.4, -0.2) is 42.8 Å². The van der Waals surface area contributed by atoms with E-state index in [1.165, 1.54) is 0 Å². The molecule has 2 aliphatic heterocycles. The molecule has 2 atom stereocenters. The van der Waals surface area contributed by atoms with E-state index in [0.29, 0.717) is 5.56 Å². The van der Waals surface area contributed by atoms with Gasteiger partial charge in [0.1, 0.15) is 5.92 Å². The fraction of sp³-hybridized carbons (Fsp3) is 0.467. The second-order valence-corrected chi connectivity index (χ2v) is 5.43. The Morgan fingerprint density at radius 3 is 3.00 bits per heavy atom. The monoisotopic (exact) mass is 290 g/mol. The molecule has 0 saturated carbocycles. The Morgan fingerprint density at radius 2 is 2.19 bits per heavy atom. The Balaban J connectivity index is 1.78. The third-order valence-corrected chi connectivity index (χ3v) is 4.10. The second kappa shape index (κ2) is 5.83. The molecular formula is C15H18N2O4. The number of nitrogens with one attached hydrogen (secondary N) is 2. The summed E-state index contributed by atoms with van der Waals surface area (Å²) in [4.78, 5) is 23.6. The SMILES string of the molecule is O=C(NC1COCC1C(=O)O)c1cccc2c1CCNC2. The number of ether oxygens (including phenoxy) is 1. The summed E-state index contributed by atoms with van der Waals surface area (Å²) in [5.74, 6) is -1.82. The lowest BCUT2D eigenvalue weighted by Gasteiger charge is -2.21. The topological polar surface area (TPSA) is 87.7 Å². The van der Waals surface area contributed by atoms with Crippen LogP contribution in [0.4, 0.5) is 0 Å². The zero-order valence-electron chi connectivity index (χ0n) is 11.6. The maximum atomic E-state index is 12.5. The van der Waals surface area contributed by atoms with Crippen LogP contribution < -0.4 is 10.6 Å². The van der Waals surface area contributed by atoms with E-state index in [4.69, 9.17) is 9.84 Å². The number of carbonyl (C=O) groups excluding carboxylic acids is 1. The third-order valence-electron chi connectivity index (χ3n) is 4.10. The number of aliphatic carboxylic acids is 1. The van der Waals surface area contributed by atoms with E-state index in [0.717, 1.165) is 30.6 Å². The second-order valence-electron chi connectivity index (χ2n) is 5.43. The van der Waals surface area contributed by atoms with Gasteiger partial charge in [0, 0.05) is 12.1 Å². The smallest absolute Gasteiger partial charge is 0.311 e. The van der Waals surface area contributed by atoms with E-state index in [1.807, 2.05) is 12.1 Å². The number of carbonyl (C=O) groups is 2. The van der Waals surface area contributed by atoms with E-state index in [-0.39, 0.29) is 19.1 Å².